The van der Waals surface area contributed by atoms with E-state index in [1.165, 1.54) is 11.1 Å². The minimum Gasteiger partial charge on any atom is -0.481 e. The quantitative estimate of drug-likeness (QED) is 0.885. The van der Waals surface area contributed by atoms with Crippen molar-refractivity contribution in [2.24, 2.45) is 0 Å². The third-order valence-corrected chi connectivity index (χ3v) is 3.01. The van der Waals surface area contributed by atoms with Gasteiger partial charge in [-0.2, -0.15) is 0 Å². The summed E-state index contributed by atoms with van der Waals surface area (Å²) in [4.78, 5) is 10.6. The molecule has 0 heterocycles. The molecule has 0 fully saturated rings. The van der Waals surface area contributed by atoms with Crippen LogP contribution in [0.15, 0.2) is 48.5 Å². The number of carbonyl (C=O) groups is 1. The van der Waals surface area contributed by atoms with Gasteiger partial charge in [0.05, 0.1) is 0 Å². The molecule has 0 atom stereocenters. The monoisotopic (exact) mass is 240 g/mol. The largest absolute Gasteiger partial charge is 0.481 e. The van der Waals surface area contributed by atoms with Crippen LogP contribution in [0.4, 0.5) is 0 Å². The van der Waals surface area contributed by atoms with Gasteiger partial charge in [0.2, 0.25) is 0 Å². The normalized spacial score (nSPS) is 10.3. The van der Waals surface area contributed by atoms with Crippen LogP contribution in [-0.4, -0.2) is 11.1 Å². The highest BCUT2D eigenvalue weighted by Crippen LogP contribution is 2.24. The van der Waals surface area contributed by atoms with Gasteiger partial charge in [0, 0.05) is 6.42 Å². The van der Waals surface area contributed by atoms with Crippen LogP contribution in [0.1, 0.15) is 17.5 Å². The van der Waals surface area contributed by atoms with Gasteiger partial charge in [0.25, 0.3) is 0 Å². The molecule has 18 heavy (non-hydrogen) atoms. The first-order chi connectivity index (χ1) is 8.66. The van der Waals surface area contributed by atoms with Crippen molar-refractivity contribution >= 4 is 5.97 Å². The minimum absolute atomic E-state index is 0.178. The zero-order valence-electron chi connectivity index (χ0n) is 10.4. The molecule has 1 N–H and O–H groups in total. The van der Waals surface area contributed by atoms with E-state index in [9.17, 15) is 4.79 Å². The summed E-state index contributed by atoms with van der Waals surface area (Å²) in [6, 6.07) is 16.3. The van der Waals surface area contributed by atoms with E-state index in [2.05, 4.69) is 31.2 Å². The van der Waals surface area contributed by atoms with E-state index in [0.29, 0.717) is 6.42 Å². The predicted octanol–water partition coefficient (Wildman–Crippen LogP) is 3.68. The molecule has 0 aliphatic rings. The fourth-order valence-electron chi connectivity index (χ4n) is 2.04. The number of carboxylic acid groups (broad SMARTS) is 1. The lowest BCUT2D eigenvalue weighted by Crippen LogP contribution is -1.97. The van der Waals surface area contributed by atoms with Gasteiger partial charge in [-0.1, -0.05) is 48.5 Å². The topological polar surface area (TPSA) is 37.3 Å². The molecule has 2 aromatic carbocycles. The Morgan fingerprint density at radius 3 is 2.61 bits per heavy atom. The molecule has 2 aromatic rings. The van der Waals surface area contributed by atoms with Gasteiger partial charge in [-0.15, -0.1) is 0 Å². The molecule has 0 bridgehead atoms. The van der Waals surface area contributed by atoms with Crippen LogP contribution >= 0.6 is 0 Å². The second kappa shape index (κ2) is 5.50. The number of carboxylic acids is 1. The number of rotatable bonds is 4. The van der Waals surface area contributed by atoms with E-state index < -0.39 is 5.97 Å². The lowest BCUT2D eigenvalue weighted by atomic mass is 9.98. The van der Waals surface area contributed by atoms with Crippen molar-refractivity contribution in [1.29, 1.82) is 0 Å². The Balaban J connectivity index is 2.27. The summed E-state index contributed by atoms with van der Waals surface area (Å²) in [5, 5.41) is 8.71. The van der Waals surface area contributed by atoms with Crippen LogP contribution in [0.3, 0.4) is 0 Å². The van der Waals surface area contributed by atoms with Gasteiger partial charge in [0.15, 0.2) is 0 Å². The molecule has 0 aliphatic heterocycles. The summed E-state index contributed by atoms with van der Waals surface area (Å²) in [6.45, 7) is 2.08. The number of hydrogen-bond donors (Lipinski definition) is 1. The average molecular weight is 240 g/mol. The van der Waals surface area contributed by atoms with Gasteiger partial charge in [-0.05, 0) is 35.6 Å². The molecule has 0 spiro atoms. The van der Waals surface area contributed by atoms with Gasteiger partial charge in [-0.25, -0.2) is 0 Å². The van der Waals surface area contributed by atoms with E-state index in [-0.39, 0.29) is 6.42 Å². The second-order valence-electron chi connectivity index (χ2n) is 4.41. The van der Waals surface area contributed by atoms with Gasteiger partial charge < -0.3 is 5.11 Å². The van der Waals surface area contributed by atoms with Crippen molar-refractivity contribution in [1.82, 2.24) is 0 Å². The van der Waals surface area contributed by atoms with Crippen molar-refractivity contribution < 1.29 is 9.90 Å². The molecule has 0 saturated heterocycles. The average Bonchev–Trinajstić information content (AvgIpc) is 2.37. The fourth-order valence-corrected chi connectivity index (χ4v) is 2.04. The lowest BCUT2D eigenvalue weighted by Gasteiger charge is -2.07. The maximum atomic E-state index is 10.6. The Labute approximate surface area is 107 Å². The zero-order chi connectivity index (χ0) is 13.0. The third kappa shape index (κ3) is 2.98. The van der Waals surface area contributed by atoms with Crippen LogP contribution < -0.4 is 0 Å². The number of aliphatic carboxylic acids is 1. The minimum atomic E-state index is -0.753. The Bertz CT molecular complexity index is 559. The summed E-state index contributed by atoms with van der Waals surface area (Å²) in [5.41, 5.74) is 4.65. The first kappa shape index (κ1) is 12.4. The van der Waals surface area contributed by atoms with E-state index in [4.69, 9.17) is 5.11 Å². The van der Waals surface area contributed by atoms with Crippen molar-refractivity contribution in [3.63, 3.8) is 0 Å². The van der Waals surface area contributed by atoms with Gasteiger partial charge in [0.1, 0.15) is 0 Å². The molecule has 2 nitrogen and oxygen atoms in total. The smallest absolute Gasteiger partial charge is 0.303 e. The Kier molecular flexibility index (Phi) is 3.78. The van der Waals surface area contributed by atoms with E-state index in [1.807, 2.05) is 24.3 Å². The van der Waals surface area contributed by atoms with Crippen LogP contribution in [0.2, 0.25) is 0 Å². The highest BCUT2D eigenvalue weighted by atomic mass is 16.4. The van der Waals surface area contributed by atoms with Gasteiger partial charge in [-0.3, -0.25) is 4.79 Å². The number of benzene rings is 2. The molecule has 2 heteroatoms. The summed E-state index contributed by atoms with van der Waals surface area (Å²) < 4.78 is 0. The molecule has 0 aliphatic carbocycles. The SMILES string of the molecule is Cc1ccccc1-c1cccc(CCC(=O)O)c1. The van der Waals surface area contributed by atoms with Gasteiger partial charge >= 0.3 is 5.97 Å². The highest BCUT2D eigenvalue weighted by Gasteiger charge is 2.03. The van der Waals surface area contributed by atoms with Crippen LogP contribution in [0.25, 0.3) is 11.1 Å². The lowest BCUT2D eigenvalue weighted by molar-refractivity contribution is -0.136. The summed E-state index contributed by atoms with van der Waals surface area (Å²) in [6.07, 6.45) is 0.756. The molecule has 0 unspecified atom stereocenters. The highest BCUT2D eigenvalue weighted by molar-refractivity contribution is 5.69. The first-order valence-corrected chi connectivity index (χ1v) is 6.03. The molecular weight excluding hydrogens is 224 g/mol. The van der Waals surface area contributed by atoms with Crippen LogP contribution in [0.5, 0.6) is 0 Å². The molecule has 92 valence electrons. The van der Waals surface area contributed by atoms with E-state index in [0.717, 1.165) is 11.1 Å². The summed E-state index contributed by atoms with van der Waals surface area (Å²) in [7, 11) is 0. The second-order valence-corrected chi connectivity index (χ2v) is 4.41. The maximum Gasteiger partial charge on any atom is 0.303 e. The molecule has 2 rings (SSSR count). The molecule has 0 amide bonds. The van der Waals surface area contributed by atoms with Crippen LogP contribution in [-0.2, 0) is 11.2 Å². The van der Waals surface area contributed by atoms with Crippen LogP contribution in [0, 0.1) is 6.92 Å². The fraction of sp³-hybridized carbons (Fsp3) is 0.188. The Morgan fingerprint density at radius 2 is 1.89 bits per heavy atom. The third-order valence-electron chi connectivity index (χ3n) is 3.01. The van der Waals surface area contributed by atoms with Crippen molar-refractivity contribution in [3.8, 4) is 11.1 Å². The zero-order valence-corrected chi connectivity index (χ0v) is 10.4. The standard InChI is InChI=1S/C16H16O2/c1-12-5-2-3-8-15(12)14-7-4-6-13(11-14)9-10-16(17)18/h2-8,11H,9-10H2,1H3,(H,17,18). The molecular formula is C16H16O2. The number of aryl methyl sites for hydroxylation is 2. The molecule has 0 radical (unpaired) electrons. The number of hydrogen-bond acceptors (Lipinski definition) is 1. The Hall–Kier alpha value is -2.09. The predicted molar refractivity (Wildman–Crippen MR) is 72.6 cm³/mol. The first-order valence-electron chi connectivity index (χ1n) is 6.03. The van der Waals surface area contributed by atoms with Crippen molar-refractivity contribution in [3.05, 3.63) is 59.7 Å². The Morgan fingerprint density at radius 1 is 1.11 bits per heavy atom. The van der Waals surface area contributed by atoms with E-state index >= 15 is 0 Å². The summed E-state index contributed by atoms with van der Waals surface area (Å²) >= 11 is 0. The van der Waals surface area contributed by atoms with Crippen molar-refractivity contribution in [2.45, 2.75) is 19.8 Å². The molecule has 0 aromatic heterocycles. The van der Waals surface area contributed by atoms with E-state index in [1.54, 1.807) is 0 Å². The maximum absolute atomic E-state index is 10.6. The van der Waals surface area contributed by atoms with Crippen molar-refractivity contribution in [2.75, 3.05) is 0 Å². The summed E-state index contributed by atoms with van der Waals surface area (Å²) in [5.74, 6) is -0.753. The molecule has 0 saturated carbocycles.